The fraction of sp³-hybridized carbons (Fsp3) is 0.385. The molecular formula is C65H84N16O14. The van der Waals surface area contributed by atoms with Crippen LogP contribution in [0.25, 0.3) is 21.8 Å². The molecule has 0 bridgehead atoms. The van der Waals surface area contributed by atoms with Gasteiger partial charge in [0.25, 0.3) is 0 Å². The van der Waals surface area contributed by atoms with Gasteiger partial charge in [0.05, 0.1) is 25.8 Å². The molecule has 30 nitrogen and oxygen atoms in total. The molecule has 22 N–H and O–H groups in total. The summed E-state index contributed by atoms with van der Waals surface area (Å²) in [5.41, 5.74) is 26.9. The Morgan fingerprint density at radius 1 is 0.474 bits per heavy atom. The van der Waals surface area contributed by atoms with Crippen LogP contribution in [-0.4, -0.2) is 177 Å². The number of nitrogens with one attached hydrogen (secondary N) is 11. The number of aromatic nitrogens is 2. The molecule has 9 atom stereocenters. The first kappa shape index (κ1) is 73.3. The molecule has 2 heterocycles. The summed E-state index contributed by atoms with van der Waals surface area (Å²) >= 11 is 0. The summed E-state index contributed by atoms with van der Waals surface area (Å²) in [4.78, 5) is 160. The minimum absolute atomic E-state index is 0.00568. The number of H-pyrrole nitrogens is 2. The zero-order valence-electron chi connectivity index (χ0n) is 52.6. The Bertz CT molecular complexity index is 3650. The molecular weight excluding hydrogens is 1230 g/mol. The zero-order valence-corrected chi connectivity index (χ0v) is 52.6. The van der Waals surface area contributed by atoms with Crippen molar-refractivity contribution in [2.75, 3.05) is 26.3 Å². The van der Waals surface area contributed by atoms with Gasteiger partial charge in [-0.3, -0.25) is 52.9 Å². The number of guanidine groups is 1. The Balaban J connectivity index is 1.22. The molecule has 0 saturated heterocycles. The number of carbonyl (C=O) groups is 11. The lowest BCUT2D eigenvalue weighted by Gasteiger charge is -2.28. The molecule has 0 aliphatic rings. The molecule has 0 aliphatic heterocycles. The fourth-order valence-corrected chi connectivity index (χ4v) is 10.3. The van der Waals surface area contributed by atoms with E-state index in [4.69, 9.17) is 22.9 Å². The maximum atomic E-state index is 14.9. The highest BCUT2D eigenvalue weighted by atomic mass is 16.4. The Morgan fingerprint density at radius 3 is 1.41 bits per heavy atom. The fourth-order valence-electron chi connectivity index (χ4n) is 10.3. The Hall–Kier alpha value is -10.7. The summed E-state index contributed by atoms with van der Waals surface area (Å²) in [5, 5.41) is 53.7. The number of carboxylic acids is 1. The van der Waals surface area contributed by atoms with E-state index < -0.39 is 152 Å². The summed E-state index contributed by atoms with van der Waals surface area (Å²) < 4.78 is 0. The highest BCUT2D eigenvalue weighted by Crippen LogP contribution is 2.22. The van der Waals surface area contributed by atoms with E-state index in [0.29, 0.717) is 27.6 Å². The summed E-state index contributed by atoms with van der Waals surface area (Å²) in [6.45, 7) is 0.646. The van der Waals surface area contributed by atoms with E-state index in [1.807, 2.05) is 54.6 Å². The lowest BCUT2D eigenvalue weighted by molar-refractivity contribution is -0.143. The molecule has 95 heavy (non-hydrogen) atoms. The number of para-hydroxylation sites is 2. The highest BCUT2D eigenvalue weighted by molar-refractivity contribution is 5.99. The third kappa shape index (κ3) is 23.1. The number of aliphatic carboxylic acids is 1. The van der Waals surface area contributed by atoms with E-state index in [1.165, 1.54) is 0 Å². The summed E-state index contributed by atoms with van der Waals surface area (Å²) in [5.74, 6) is -11.1. The van der Waals surface area contributed by atoms with E-state index >= 15 is 0 Å². The van der Waals surface area contributed by atoms with E-state index in [0.717, 1.165) is 16.5 Å². The van der Waals surface area contributed by atoms with E-state index in [1.54, 1.807) is 80.8 Å². The Morgan fingerprint density at radius 2 is 0.895 bits per heavy atom. The van der Waals surface area contributed by atoms with Gasteiger partial charge in [0.15, 0.2) is 5.96 Å². The molecule has 0 unspecified atom stereocenters. The second-order valence-corrected chi connectivity index (χ2v) is 23.2. The number of rotatable bonds is 38. The number of aliphatic imine (C=N–C) groups is 1. The van der Waals surface area contributed by atoms with Crippen molar-refractivity contribution >= 4 is 92.8 Å². The topological polar surface area (TPSA) is 505 Å². The van der Waals surface area contributed by atoms with Gasteiger partial charge >= 0.3 is 5.97 Å². The lowest BCUT2D eigenvalue weighted by atomic mass is 9.99. The molecule has 0 aliphatic carbocycles. The van der Waals surface area contributed by atoms with E-state index in [2.05, 4.69) is 62.8 Å². The number of aliphatic hydroxyl groups excluding tert-OH is 2. The van der Waals surface area contributed by atoms with Crippen LogP contribution in [0.2, 0.25) is 0 Å². The summed E-state index contributed by atoms with van der Waals surface area (Å²) in [6, 6.07) is 19.0. The standard InChI is InChI=1S/C65H84N16O14/c1-36(2)26-48(59(89)80-50(29-39-31-71-44-20-11-9-18-41(39)44)57(87)73-33-55(85)74-52(34-82)62(92)81-53(35-83)63(93)76-47(64(94)95)23-24-54(67)84)78-60(90)49(28-38-16-7-4-8-17-38)79-58(88)46(22-13-25-70-65(68)69)75-61(91)51(30-40-32-72-45-21-12-10-19-42(40)45)77-56(86)43(66)27-37-14-5-3-6-15-37/h3-12,14-21,31-32,36,43,46-53,71-72,82-83H,13,22-30,33-35,66H2,1-2H3,(H2,67,84)(H,73,87)(H,74,85)(H,75,91)(H,76,93)(H,77,86)(H,78,90)(H,79,88)(H,80,89)(H,81,92)(H,94,95)(H4,68,69,70)/t43-,46-,47-,48-,49-,50-,51-,52-,53-/m0/s1. The summed E-state index contributed by atoms with van der Waals surface area (Å²) in [6.07, 6.45) is 2.41. The van der Waals surface area contributed by atoms with Crippen molar-refractivity contribution in [3.63, 3.8) is 0 Å². The van der Waals surface area contributed by atoms with Crippen LogP contribution in [0.1, 0.15) is 68.2 Å². The largest absolute Gasteiger partial charge is 0.480 e. The van der Waals surface area contributed by atoms with Gasteiger partial charge in [0, 0.05) is 66.4 Å². The van der Waals surface area contributed by atoms with Gasteiger partial charge in [0.1, 0.15) is 48.3 Å². The Kier molecular flexibility index (Phi) is 28.2. The third-order valence-electron chi connectivity index (χ3n) is 15.3. The van der Waals surface area contributed by atoms with Crippen molar-refractivity contribution in [1.82, 2.24) is 57.8 Å². The number of benzene rings is 4. The first-order valence-corrected chi connectivity index (χ1v) is 30.8. The average Bonchev–Trinajstić information content (AvgIpc) is 1.72. The highest BCUT2D eigenvalue weighted by Gasteiger charge is 2.35. The number of aromatic amines is 2. The lowest BCUT2D eigenvalue weighted by Crippen LogP contribution is -2.60. The van der Waals surface area contributed by atoms with Crippen LogP contribution in [0.3, 0.4) is 0 Å². The minimum atomic E-state index is -1.79. The first-order chi connectivity index (χ1) is 45.4. The van der Waals surface area contributed by atoms with Crippen LogP contribution >= 0.6 is 0 Å². The number of hydrogen-bond donors (Lipinski definition) is 18. The van der Waals surface area contributed by atoms with Gasteiger partial charge in [-0.05, 0) is 72.4 Å². The number of aliphatic hydroxyl groups is 2. The van der Waals surface area contributed by atoms with Gasteiger partial charge < -0.3 is 96.1 Å². The molecule has 4 aromatic carbocycles. The van der Waals surface area contributed by atoms with Gasteiger partial charge in [-0.1, -0.05) is 111 Å². The van der Waals surface area contributed by atoms with Crippen LogP contribution in [-0.2, 0) is 78.4 Å². The molecule has 10 amide bonds. The molecule has 0 fully saturated rings. The molecule has 0 saturated carbocycles. The maximum Gasteiger partial charge on any atom is 0.326 e. The quantitative estimate of drug-likeness (QED) is 0.0110. The van der Waals surface area contributed by atoms with Crippen LogP contribution in [0, 0.1) is 5.92 Å². The number of fused-ring (bicyclic) bond motifs is 2. The molecule has 0 radical (unpaired) electrons. The number of nitrogens with zero attached hydrogens (tertiary/aromatic N) is 1. The van der Waals surface area contributed by atoms with Crippen molar-refractivity contribution in [2.45, 2.75) is 126 Å². The predicted octanol–water partition coefficient (Wildman–Crippen LogP) is -2.32. The van der Waals surface area contributed by atoms with E-state index in [-0.39, 0.29) is 63.4 Å². The predicted molar refractivity (Wildman–Crippen MR) is 350 cm³/mol. The maximum absolute atomic E-state index is 14.9. The van der Waals surface area contributed by atoms with Crippen LogP contribution < -0.4 is 70.8 Å². The second kappa shape index (κ2) is 36.5. The molecule has 2 aromatic heterocycles. The second-order valence-electron chi connectivity index (χ2n) is 23.2. The van der Waals surface area contributed by atoms with Crippen molar-refractivity contribution in [1.29, 1.82) is 0 Å². The third-order valence-corrected chi connectivity index (χ3v) is 15.3. The molecule has 6 rings (SSSR count). The number of carbonyl (C=O) groups excluding carboxylic acids is 10. The summed E-state index contributed by atoms with van der Waals surface area (Å²) in [7, 11) is 0. The monoisotopic (exact) mass is 1310 g/mol. The van der Waals surface area contributed by atoms with Gasteiger partial charge in [-0.25, -0.2) is 4.79 Å². The van der Waals surface area contributed by atoms with Crippen molar-refractivity contribution in [2.24, 2.45) is 33.8 Å². The van der Waals surface area contributed by atoms with Crippen LogP contribution in [0.4, 0.5) is 0 Å². The SMILES string of the molecule is CC(C)C[C@H](NC(=O)[C@H](Cc1ccccc1)NC(=O)[C@H](CCCN=C(N)N)NC(=O)[C@H](Cc1c[nH]c2ccccc12)NC(=O)[C@@H](N)Cc1ccccc1)C(=O)N[C@@H](Cc1c[nH]c2ccccc12)C(=O)NCC(=O)N[C@@H](CO)C(=O)N[C@@H](CO)C(=O)N[C@@H](CCC(N)=O)C(=O)O. The van der Waals surface area contributed by atoms with Crippen molar-refractivity contribution < 1.29 is 68.1 Å². The smallest absolute Gasteiger partial charge is 0.326 e. The number of amides is 10. The molecule has 6 aromatic rings. The first-order valence-electron chi connectivity index (χ1n) is 30.8. The number of hydrogen-bond acceptors (Lipinski definition) is 15. The normalized spacial score (nSPS) is 14.0. The number of nitrogens with two attached hydrogens (primary N) is 4. The average molecular weight is 1310 g/mol. The van der Waals surface area contributed by atoms with Gasteiger partial charge in [-0.15, -0.1) is 0 Å². The minimum Gasteiger partial charge on any atom is -0.480 e. The number of carboxylic acid groups (broad SMARTS) is 1. The molecule has 508 valence electrons. The molecule has 30 heteroatoms. The van der Waals surface area contributed by atoms with Crippen molar-refractivity contribution in [3.05, 3.63) is 144 Å². The van der Waals surface area contributed by atoms with E-state index in [9.17, 15) is 68.1 Å². The van der Waals surface area contributed by atoms with Gasteiger partial charge in [0.2, 0.25) is 59.1 Å². The zero-order chi connectivity index (χ0) is 69.1. The van der Waals surface area contributed by atoms with Crippen LogP contribution in [0.15, 0.2) is 127 Å². The van der Waals surface area contributed by atoms with Gasteiger partial charge in [-0.2, -0.15) is 0 Å². The number of primary amides is 1. The van der Waals surface area contributed by atoms with Crippen LogP contribution in [0.5, 0.6) is 0 Å². The molecule has 0 spiro atoms. The van der Waals surface area contributed by atoms with Crippen molar-refractivity contribution in [3.8, 4) is 0 Å². The Labute approximate surface area is 546 Å².